The molecule has 0 heterocycles. The summed E-state index contributed by atoms with van der Waals surface area (Å²) < 4.78 is 14.2. The minimum atomic E-state index is -4.79. The van der Waals surface area contributed by atoms with Gasteiger partial charge in [-0.1, -0.05) is 30.3 Å². The van der Waals surface area contributed by atoms with Gasteiger partial charge in [-0.2, -0.15) is 0 Å². The average molecular weight is 214 g/mol. The van der Waals surface area contributed by atoms with Gasteiger partial charge in [-0.15, -0.1) is 0 Å². The van der Waals surface area contributed by atoms with E-state index >= 15 is 0 Å². The number of aryl methyl sites for hydroxylation is 1. The fourth-order valence-corrected chi connectivity index (χ4v) is 1.45. The van der Waals surface area contributed by atoms with Crippen LogP contribution < -0.4 is 9.79 Å². The van der Waals surface area contributed by atoms with Crippen LogP contribution in [0.15, 0.2) is 30.3 Å². The Kier molecular flexibility index (Phi) is 4.29. The Morgan fingerprint density at radius 2 is 1.86 bits per heavy atom. The first-order valence-electron chi connectivity index (χ1n) is 4.28. The first-order chi connectivity index (χ1) is 6.58. The smallest absolute Gasteiger partial charge is 0.0596 e. The van der Waals surface area contributed by atoms with E-state index in [0.29, 0.717) is 12.8 Å². The summed E-state index contributed by atoms with van der Waals surface area (Å²) in [5.41, 5.74) is 1.10. The van der Waals surface area contributed by atoms with Crippen molar-refractivity contribution in [1.29, 1.82) is 0 Å². The van der Waals surface area contributed by atoms with Gasteiger partial charge < -0.3 is 18.9 Å². The third kappa shape index (κ3) is 5.14. The topological polar surface area (TPSA) is 72.4 Å². The van der Waals surface area contributed by atoms with E-state index in [0.717, 1.165) is 5.56 Å². The van der Waals surface area contributed by atoms with Gasteiger partial charge in [0.1, 0.15) is 0 Å². The minimum absolute atomic E-state index is 0.0425. The van der Waals surface area contributed by atoms with Crippen LogP contribution in [0.25, 0.3) is 0 Å². The van der Waals surface area contributed by atoms with Crippen LogP contribution in [0.2, 0.25) is 0 Å². The van der Waals surface area contributed by atoms with Crippen molar-refractivity contribution in [2.75, 3.05) is 6.61 Å². The number of rotatable bonds is 5. The van der Waals surface area contributed by atoms with Gasteiger partial charge in [0.25, 0.3) is 0 Å². The first kappa shape index (κ1) is 11.4. The van der Waals surface area contributed by atoms with Crippen LogP contribution >= 0.6 is 7.82 Å². The summed E-state index contributed by atoms with van der Waals surface area (Å²) in [4.78, 5) is 20.2. The van der Waals surface area contributed by atoms with Crippen molar-refractivity contribution in [3.05, 3.63) is 35.9 Å². The minimum Gasteiger partial charge on any atom is -0.790 e. The van der Waals surface area contributed by atoms with Crippen LogP contribution in [0, 0.1) is 0 Å². The normalized spacial score (nSPS) is 11.6. The average Bonchev–Trinajstić information content (AvgIpc) is 2.13. The summed E-state index contributed by atoms with van der Waals surface area (Å²) in [7, 11) is -4.79. The molecule has 4 nitrogen and oxygen atoms in total. The number of hydrogen-bond donors (Lipinski definition) is 0. The highest BCUT2D eigenvalue weighted by molar-refractivity contribution is 7.43. The predicted molar refractivity (Wildman–Crippen MR) is 48.3 cm³/mol. The lowest BCUT2D eigenvalue weighted by molar-refractivity contribution is -0.341. The molecule has 0 atom stereocenters. The lowest BCUT2D eigenvalue weighted by atomic mass is 10.1. The van der Waals surface area contributed by atoms with Gasteiger partial charge in [0, 0.05) is 0 Å². The van der Waals surface area contributed by atoms with Gasteiger partial charge in [0.05, 0.1) is 14.4 Å². The first-order valence-corrected chi connectivity index (χ1v) is 5.74. The molecule has 1 aromatic carbocycles. The monoisotopic (exact) mass is 214 g/mol. The molecule has 1 rings (SSSR count). The summed E-state index contributed by atoms with van der Waals surface area (Å²) >= 11 is 0. The molecule has 0 aliphatic heterocycles. The van der Waals surface area contributed by atoms with Gasteiger partial charge in [-0.3, -0.25) is 0 Å². The molecular formula is C9H11O4P-2. The zero-order valence-corrected chi connectivity index (χ0v) is 8.48. The zero-order valence-electron chi connectivity index (χ0n) is 7.59. The van der Waals surface area contributed by atoms with Crippen LogP contribution in [0.4, 0.5) is 0 Å². The van der Waals surface area contributed by atoms with Crippen molar-refractivity contribution < 1.29 is 18.9 Å². The second-order valence-electron chi connectivity index (χ2n) is 2.87. The van der Waals surface area contributed by atoms with E-state index in [-0.39, 0.29) is 6.61 Å². The highest BCUT2D eigenvalue weighted by atomic mass is 31.2. The van der Waals surface area contributed by atoms with Crippen molar-refractivity contribution in [2.45, 2.75) is 12.8 Å². The number of phosphoric ester groups is 1. The molecule has 0 saturated carbocycles. The highest BCUT2D eigenvalue weighted by Gasteiger charge is 1.94. The van der Waals surface area contributed by atoms with E-state index in [9.17, 15) is 14.4 Å². The molecule has 1 aromatic rings. The van der Waals surface area contributed by atoms with Crippen LogP contribution in [0.1, 0.15) is 12.0 Å². The molecule has 0 N–H and O–H groups in total. The van der Waals surface area contributed by atoms with Crippen molar-refractivity contribution in [1.82, 2.24) is 0 Å². The van der Waals surface area contributed by atoms with Crippen molar-refractivity contribution in [3.63, 3.8) is 0 Å². The Balaban J connectivity index is 2.20. The fourth-order valence-electron chi connectivity index (χ4n) is 1.10. The summed E-state index contributed by atoms with van der Waals surface area (Å²) in [6.07, 6.45) is 1.24. The molecule has 0 fully saturated rings. The largest absolute Gasteiger partial charge is 0.790 e. The van der Waals surface area contributed by atoms with E-state index in [1.807, 2.05) is 30.3 Å². The van der Waals surface area contributed by atoms with Crippen molar-refractivity contribution >= 4 is 7.82 Å². The second-order valence-corrected chi connectivity index (χ2v) is 4.02. The Hall–Kier alpha value is -0.670. The molecule has 0 saturated heterocycles. The zero-order chi connectivity index (χ0) is 10.4. The van der Waals surface area contributed by atoms with Gasteiger partial charge >= 0.3 is 0 Å². The molecule has 0 unspecified atom stereocenters. The van der Waals surface area contributed by atoms with E-state index in [1.54, 1.807) is 0 Å². The van der Waals surface area contributed by atoms with E-state index in [2.05, 4.69) is 4.52 Å². The van der Waals surface area contributed by atoms with Crippen molar-refractivity contribution in [2.24, 2.45) is 0 Å². The van der Waals surface area contributed by atoms with Crippen LogP contribution in [0.3, 0.4) is 0 Å². The van der Waals surface area contributed by atoms with Crippen LogP contribution in [-0.4, -0.2) is 6.61 Å². The lowest BCUT2D eigenvalue weighted by Gasteiger charge is -2.28. The Bertz CT molecular complexity index is 306. The van der Waals surface area contributed by atoms with Crippen LogP contribution in [-0.2, 0) is 15.5 Å². The molecule has 78 valence electrons. The summed E-state index contributed by atoms with van der Waals surface area (Å²) in [5.74, 6) is 0. The quantitative estimate of drug-likeness (QED) is 0.527. The Labute approximate surface area is 82.8 Å². The number of hydrogen-bond acceptors (Lipinski definition) is 4. The van der Waals surface area contributed by atoms with Crippen molar-refractivity contribution in [3.8, 4) is 0 Å². The summed E-state index contributed by atoms with van der Waals surface area (Å²) in [6.45, 7) is -0.0425. The van der Waals surface area contributed by atoms with Gasteiger partial charge in [0.2, 0.25) is 0 Å². The van der Waals surface area contributed by atoms with E-state index in [4.69, 9.17) is 0 Å². The molecule has 0 radical (unpaired) electrons. The van der Waals surface area contributed by atoms with Crippen LogP contribution in [0.5, 0.6) is 0 Å². The highest BCUT2D eigenvalue weighted by Crippen LogP contribution is 2.24. The standard InChI is InChI=1S/C9H13O4P/c10-14(11,12)13-8-4-7-9-5-2-1-3-6-9/h1-3,5-6H,4,7-8H2,(H2,10,11,12)/p-2. The van der Waals surface area contributed by atoms with Gasteiger partial charge in [-0.05, 0) is 18.4 Å². The van der Waals surface area contributed by atoms with Gasteiger partial charge in [-0.25, -0.2) is 0 Å². The second kappa shape index (κ2) is 5.27. The number of phosphoric acid groups is 1. The maximum atomic E-state index is 10.1. The predicted octanol–water partition coefficient (Wildman–Crippen LogP) is 0.464. The molecular weight excluding hydrogens is 203 g/mol. The third-order valence-corrected chi connectivity index (χ3v) is 2.20. The van der Waals surface area contributed by atoms with Gasteiger partial charge in [0.15, 0.2) is 0 Å². The molecule has 0 spiro atoms. The SMILES string of the molecule is O=P([O-])([O-])OCCCc1ccccc1. The number of benzene rings is 1. The van der Waals surface area contributed by atoms with E-state index in [1.165, 1.54) is 0 Å². The Morgan fingerprint density at radius 1 is 1.21 bits per heavy atom. The Morgan fingerprint density at radius 3 is 2.43 bits per heavy atom. The molecule has 14 heavy (non-hydrogen) atoms. The lowest BCUT2D eigenvalue weighted by Crippen LogP contribution is -2.16. The molecule has 0 amide bonds. The maximum Gasteiger partial charge on any atom is 0.0596 e. The molecule has 0 bridgehead atoms. The summed E-state index contributed by atoms with van der Waals surface area (Å²) in [6, 6.07) is 9.59. The fraction of sp³-hybridized carbons (Fsp3) is 0.333. The molecule has 0 aliphatic rings. The summed E-state index contributed by atoms with van der Waals surface area (Å²) in [5, 5.41) is 0. The van der Waals surface area contributed by atoms with E-state index < -0.39 is 7.82 Å². The third-order valence-electron chi connectivity index (χ3n) is 1.70. The molecule has 5 heteroatoms. The maximum absolute atomic E-state index is 10.1. The molecule has 0 aliphatic carbocycles. The molecule has 0 aromatic heterocycles.